The summed E-state index contributed by atoms with van der Waals surface area (Å²) in [5.41, 5.74) is 10.1. The molecule has 1 heterocycles. The lowest BCUT2D eigenvalue weighted by Crippen LogP contribution is -2.48. The van der Waals surface area contributed by atoms with Gasteiger partial charge in [0.25, 0.3) is 0 Å². The van der Waals surface area contributed by atoms with Crippen LogP contribution in [0.4, 0.5) is 0 Å². The van der Waals surface area contributed by atoms with Gasteiger partial charge in [-0.3, -0.25) is 20.0 Å². The first-order chi connectivity index (χ1) is 6.59. The van der Waals surface area contributed by atoms with Crippen molar-refractivity contribution in [2.24, 2.45) is 11.7 Å². The monoisotopic (exact) mass is 234 g/mol. The Morgan fingerprint density at radius 1 is 1.43 bits per heavy atom. The zero-order valence-electron chi connectivity index (χ0n) is 7.69. The highest BCUT2D eigenvalue weighted by molar-refractivity contribution is 7.80. The molecule has 0 spiro atoms. The van der Waals surface area contributed by atoms with E-state index in [1.54, 1.807) is 0 Å². The standard InChI is InChI=1S/C7H14N4OS2/c8-7(13)10-9-6(12)5-1-3-11(14)4-2-5/h5,14H,1-4H2,(H,9,12)(H3,8,10,13). The number of carbonyl (C=O) groups is 1. The maximum atomic E-state index is 11.5. The zero-order valence-corrected chi connectivity index (χ0v) is 9.40. The lowest BCUT2D eigenvalue weighted by atomic mass is 9.98. The minimum atomic E-state index is -0.0563. The van der Waals surface area contributed by atoms with Crippen molar-refractivity contribution in [3.05, 3.63) is 0 Å². The molecule has 1 saturated heterocycles. The van der Waals surface area contributed by atoms with Gasteiger partial charge in [0.2, 0.25) is 5.91 Å². The highest BCUT2D eigenvalue weighted by atomic mass is 32.1. The van der Waals surface area contributed by atoms with Crippen molar-refractivity contribution in [3.63, 3.8) is 0 Å². The number of thiocarbonyl (C=S) groups is 1. The fourth-order valence-electron chi connectivity index (χ4n) is 1.35. The van der Waals surface area contributed by atoms with Crippen molar-refractivity contribution in [3.8, 4) is 0 Å². The first-order valence-corrected chi connectivity index (χ1v) is 5.19. The molecule has 1 fully saturated rings. The number of piperidine rings is 1. The molecule has 0 bridgehead atoms. The Hall–Kier alpha value is -0.530. The minimum absolute atomic E-state index is 0.0280. The number of hydrogen-bond acceptors (Lipinski definition) is 4. The molecule has 0 aromatic heterocycles. The smallest absolute Gasteiger partial charge is 0.241 e. The Morgan fingerprint density at radius 3 is 2.50 bits per heavy atom. The third-order valence-electron chi connectivity index (χ3n) is 2.15. The first kappa shape index (κ1) is 11.5. The molecule has 0 aromatic carbocycles. The number of carbonyl (C=O) groups excluding carboxylic acids is 1. The van der Waals surface area contributed by atoms with E-state index < -0.39 is 0 Å². The number of hydrazine groups is 1. The van der Waals surface area contributed by atoms with E-state index >= 15 is 0 Å². The summed E-state index contributed by atoms with van der Waals surface area (Å²) in [6.07, 6.45) is 1.63. The van der Waals surface area contributed by atoms with Crippen LogP contribution in [0.2, 0.25) is 0 Å². The molecule has 14 heavy (non-hydrogen) atoms. The van der Waals surface area contributed by atoms with Crippen LogP contribution >= 0.6 is 25.0 Å². The molecule has 4 N–H and O–H groups in total. The maximum absolute atomic E-state index is 11.5. The number of nitrogens with one attached hydrogen (secondary N) is 2. The Labute approximate surface area is 93.9 Å². The van der Waals surface area contributed by atoms with E-state index in [0.29, 0.717) is 0 Å². The van der Waals surface area contributed by atoms with Crippen LogP contribution in [0.1, 0.15) is 12.8 Å². The highest BCUT2D eigenvalue weighted by Gasteiger charge is 2.23. The quantitative estimate of drug-likeness (QED) is 0.277. The minimum Gasteiger partial charge on any atom is -0.375 e. The van der Waals surface area contributed by atoms with Crippen molar-refractivity contribution < 1.29 is 4.79 Å². The molecule has 0 saturated carbocycles. The van der Waals surface area contributed by atoms with Gasteiger partial charge in [0.05, 0.1) is 0 Å². The van der Waals surface area contributed by atoms with Crippen molar-refractivity contribution in [2.45, 2.75) is 12.8 Å². The number of hydrogen-bond donors (Lipinski definition) is 4. The Bertz CT molecular complexity index is 228. The predicted octanol–water partition coefficient (Wildman–Crippen LogP) is -0.592. The second-order valence-electron chi connectivity index (χ2n) is 3.21. The van der Waals surface area contributed by atoms with E-state index in [1.165, 1.54) is 0 Å². The molecule has 0 radical (unpaired) electrons. The van der Waals surface area contributed by atoms with Crippen molar-refractivity contribution >= 4 is 36.1 Å². The van der Waals surface area contributed by atoms with Crippen LogP contribution in [0.3, 0.4) is 0 Å². The summed E-state index contributed by atoms with van der Waals surface area (Å²) in [5, 5.41) is 0.0741. The van der Waals surface area contributed by atoms with Crippen LogP contribution in [0, 0.1) is 5.92 Å². The fourth-order valence-corrected chi connectivity index (χ4v) is 1.64. The van der Waals surface area contributed by atoms with E-state index in [0.717, 1.165) is 25.9 Å². The number of nitrogens with two attached hydrogens (primary N) is 1. The molecule has 1 aliphatic heterocycles. The van der Waals surface area contributed by atoms with Crippen LogP contribution in [0.25, 0.3) is 0 Å². The van der Waals surface area contributed by atoms with Gasteiger partial charge >= 0.3 is 0 Å². The lowest BCUT2D eigenvalue weighted by Gasteiger charge is -2.27. The van der Waals surface area contributed by atoms with Gasteiger partial charge < -0.3 is 5.73 Å². The van der Waals surface area contributed by atoms with Gasteiger partial charge in [-0.25, -0.2) is 0 Å². The van der Waals surface area contributed by atoms with E-state index in [9.17, 15) is 4.79 Å². The molecule has 80 valence electrons. The Balaban J connectivity index is 2.27. The van der Waals surface area contributed by atoms with Crippen molar-refractivity contribution in [1.29, 1.82) is 0 Å². The van der Waals surface area contributed by atoms with Crippen LogP contribution in [-0.2, 0) is 4.79 Å². The van der Waals surface area contributed by atoms with Crippen LogP contribution < -0.4 is 16.6 Å². The molecule has 0 unspecified atom stereocenters. The first-order valence-electron chi connectivity index (χ1n) is 4.38. The molecule has 1 rings (SSSR count). The van der Waals surface area contributed by atoms with Gasteiger partial charge in [-0.05, 0) is 25.1 Å². The van der Waals surface area contributed by atoms with Gasteiger partial charge in [-0.2, -0.15) is 0 Å². The van der Waals surface area contributed by atoms with Crippen molar-refractivity contribution in [1.82, 2.24) is 15.2 Å². The lowest BCUT2D eigenvalue weighted by molar-refractivity contribution is -0.126. The summed E-state index contributed by atoms with van der Waals surface area (Å²) in [7, 11) is 0. The van der Waals surface area contributed by atoms with Gasteiger partial charge in [0.1, 0.15) is 0 Å². The third-order valence-corrected chi connectivity index (χ3v) is 2.65. The summed E-state index contributed by atoms with van der Waals surface area (Å²) in [4.78, 5) is 11.5. The third kappa shape index (κ3) is 3.69. The molecular weight excluding hydrogens is 220 g/mol. The summed E-state index contributed by atoms with van der Waals surface area (Å²) in [6, 6.07) is 0. The van der Waals surface area contributed by atoms with Gasteiger partial charge in [0.15, 0.2) is 5.11 Å². The van der Waals surface area contributed by atoms with Gasteiger partial charge in [0, 0.05) is 19.0 Å². The second kappa shape index (κ2) is 5.38. The van der Waals surface area contributed by atoms with E-state index in [2.05, 4.69) is 35.9 Å². The summed E-state index contributed by atoms with van der Waals surface area (Å²) in [6.45, 7) is 1.66. The average Bonchev–Trinajstić information content (AvgIpc) is 2.15. The van der Waals surface area contributed by atoms with Crippen LogP contribution in [0.5, 0.6) is 0 Å². The van der Waals surface area contributed by atoms with Crippen LogP contribution in [0.15, 0.2) is 0 Å². The normalized spacial score (nSPS) is 18.9. The molecule has 0 atom stereocenters. The Kier molecular flexibility index (Phi) is 4.43. The SMILES string of the molecule is NC(=S)NNC(=O)C1CCN(S)CC1. The van der Waals surface area contributed by atoms with E-state index in [4.69, 9.17) is 5.73 Å². The molecule has 5 nitrogen and oxygen atoms in total. The molecular formula is C7H14N4OS2. The molecule has 1 aliphatic rings. The van der Waals surface area contributed by atoms with Crippen LogP contribution in [-0.4, -0.2) is 28.4 Å². The van der Waals surface area contributed by atoms with Gasteiger partial charge in [-0.1, -0.05) is 12.8 Å². The number of thiol groups is 1. The topological polar surface area (TPSA) is 70.4 Å². The predicted molar refractivity (Wildman–Crippen MR) is 61.3 cm³/mol. The molecule has 0 aromatic rings. The molecule has 0 aliphatic carbocycles. The highest BCUT2D eigenvalue weighted by Crippen LogP contribution is 2.17. The average molecular weight is 234 g/mol. The fraction of sp³-hybridized carbons (Fsp3) is 0.714. The second-order valence-corrected chi connectivity index (χ2v) is 4.21. The molecule has 7 heteroatoms. The van der Waals surface area contributed by atoms with E-state index in [-0.39, 0.29) is 16.9 Å². The number of rotatable bonds is 1. The van der Waals surface area contributed by atoms with E-state index in [1.807, 2.05) is 4.31 Å². The summed E-state index contributed by atoms with van der Waals surface area (Å²) in [5.74, 6) is -0.0283. The summed E-state index contributed by atoms with van der Waals surface area (Å²) >= 11 is 8.77. The van der Waals surface area contributed by atoms with Gasteiger partial charge in [-0.15, -0.1) is 0 Å². The van der Waals surface area contributed by atoms with Crippen molar-refractivity contribution in [2.75, 3.05) is 13.1 Å². The Morgan fingerprint density at radius 2 is 2.00 bits per heavy atom. The largest absolute Gasteiger partial charge is 0.375 e. The summed E-state index contributed by atoms with van der Waals surface area (Å²) < 4.78 is 1.91. The number of nitrogens with zero attached hydrogens (tertiary/aromatic N) is 1. The zero-order chi connectivity index (χ0) is 10.6. The maximum Gasteiger partial charge on any atom is 0.241 e. The number of amides is 1. The molecule has 1 amide bonds.